The molecule has 0 aliphatic heterocycles. The average Bonchev–Trinajstić information content (AvgIpc) is 3.17. The molecule has 1 aromatic rings. The third-order valence-corrected chi connectivity index (χ3v) is 5.15. The molecule has 7 nitrogen and oxygen atoms in total. The highest BCUT2D eigenvalue weighted by atomic mass is 32.2. The quantitative estimate of drug-likeness (QED) is 0.600. The Morgan fingerprint density at radius 1 is 1.45 bits per heavy atom. The zero-order valence-corrected chi connectivity index (χ0v) is 11.8. The number of nitrogens with zero attached hydrogens (tertiary/aromatic N) is 1. The molecule has 0 atom stereocenters. The van der Waals surface area contributed by atoms with Gasteiger partial charge in [0.15, 0.2) is 0 Å². The molecule has 2 N–H and O–H groups in total. The number of hydrogen-bond acceptors (Lipinski definition) is 5. The summed E-state index contributed by atoms with van der Waals surface area (Å²) in [6, 6.07) is 3.63. The maximum Gasteiger partial charge on any atom is 0.269 e. The summed E-state index contributed by atoms with van der Waals surface area (Å²) in [4.78, 5) is 10.1. The molecule has 0 amide bonds. The van der Waals surface area contributed by atoms with Gasteiger partial charge in [0.1, 0.15) is 0 Å². The van der Waals surface area contributed by atoms with Gasteiger partial charge in [0.25, 0.3) is 5.69 Å². The van der Waals surface area contributed by atoms with Gasteiger partial charge in [0.05, 0.1) is 9.82 Å². The van der Waals surface area contributed by atoms with Crippen LogP contribution in [0.5, 0.6) is 0 Å². The number of sulfonamides is 1. The van der Waals surface area contributed by atoms with Gasteiger partial charge in [-0.2, -0.15) is 0 Å². The number of benzene rings is 1. The lowest BCUT2D eigenvalue weighted by Crippen LogP contribution is -2.32. The highest BCUT2D eigenvalue weighted by molar-refractivity contribution is 7.89. The standard InChI is InChI=1S/C12H16N2O5S/c1-9-6-10(14(16)17)2-3-11(9)20(18,19)13-7-12(8-15)4-5-12/h2-3,6,13,15H,4-5,7-8H2,1H3. The van der Waals surface area contributed by atoms with Gasteiger partial charge in [-0.1, -0.05) is 0 Å². The maximum atomic E-state index is 12.2. The van der Waals surface area contributed by atoms with Gasteiger partial charge >= 0.3 is 0 Å². The summed E-state index contributed by atoms with van der Waals surface area (Å²) in [5.74, 6) is 0. The molecule has 0 radical (unpaired) electrons. The van der Waals surface area contributed by atoms with Crippen LogP contribution in [0.15, 0.2) is 23.1 Å². The van der Waals surface area contributed by atoms with Gasteiger partial charge in [0, 0.05) is 30.7 Å². The van der Waals surface area contributed by atoms with Gasteiger partial charge in [-0.3, -0.25) is 10.1 Å². The lowest BCUT2D eigenvalue weighted by atomic mass is 10.1. The largest absolute Gasteiger partial charge is 0.396 e. The van der Waals surface area contributed by atoms with Gasteiger partial charge in [-0.25, -0.2) is 13.1 Å². The highest BCUT2D eigenvalue weighted by Crippen LogP contribution is 2.44. The summed E-state index contributed by atoms with van der Waals surface area (Å²) in [5, 5.41) is 19.8. The first-order valence-corrected chi connectivity index (χ1v) is 7.64. The number of aliphatic hydroxyl groups excluding tert-OH is 1. The fourth-order valence-corrected chi connectivity index (χ4v) is 3.32. The Morgan fingerprint density at radius 2 is 2.10 bits per heavy atom. The topological polar surface area (TPSA) is 110 Å². The van der Waals surface area contributed by atoms with Crippen LogP contribution in [0.4, 0.5) is 5.69 Å². The molecule has 20 heavy (non-hydrogen) atoms. The van der Waals surface area contributed by atoms with E-state index in [9.17, 15) is 18.5 Å². The number of hydrogen-bond donors (Lipinski definition) is 2. The predicted molar refractivity (Wildman–Crippen MR) is 71.8 cm³/mol. The van der Waals surface area contributed by atoms with Crippen LogP contribution in [0, 0.1) is 22.5 Å². The van der Waals surface area contributed by atoms with Gasteiger partial charge in [-0.15, -0.1) is 0 Å². The van der Waals surface area contributed by atoms with Crippen LogP contribution in [0.3, 0.4) is 0 Å². The SMILES string of the molecule is Cc1cc([N+](=O)[O-])ccc1S(=O)(=O)NCC1(CO)CC1. The second-order valence-electron chi connectivity index (χ2n) is 5.19. The maximum absolute atomic E-state index is 12.2. The molecule has 0 saturated heterocycles. The van der Waals surface area contributed by atoms with Crippen molar-refractivity contribution in [1.29, 1.82) is 0 Å². The Labute approximate surface area is 116 Å². The molecule has 0 spiro atoms. The molecule has 110 valence electrons. The van der Waals surface area contributed by atoms with Crippen molar-refractivity contribution in [3.05, 3.63) is 33.9 Å². The normalized spacial score (nSPS) is 16.9. The van der Waals surface area contributed by atoms with E-state index in [-0.39, 0.29) is 29.1 Å². The molecular formula is C12H16N2O5S. The van der Waals surface area contributed by atoms with Crippen molar-refractivity contribution in [2.75, 3.05) is 13.2 Å². The van der Waals surface area contributed by atoms with Gasteiger partial charge < -0.3 is 5.11 Å². The highest BCUT2D eigenvalue weighted by Gasteiger charge is 2.42. The van der Waals surface area contributed by atoms with E-state index in [0.717, 1.165) is 12.8 Å². The molecular weight excluding hydrogens is 284 g/mol. The van der Waals surface area contributed by atoms with E-state index in [1.807, 2.05) is 0 Å². The van der Waals surface area contributed by atoms with Crippen molar-refractivity contribution < 1.29 is 18.4 Å². The van der Waals surface area contributed by atoms with E-state index in [0.29, 0.717) is 5.56 Å². The summed E-state index contributed by atoms with van der Waals surface area (Å²) in [5.41, 5.74) is -0.155. The van der Waals surface area contributed by atoms with Crippen LogP contribution in [0.25, 0.3) is 0 Å². The Kier molecular flexibility index (Phi) is 3.81. The van der Waals surface area contributed by atoms with Gasteiger partial charge in [0.2, 0.25) is 10.0 Å². The molecule has 1 aromatic carbocycles. The minimum Gasteiger partial charge on any atom is -0.396 e. The number of aliphatic hydroxyl groups is 1. The Hall–Kier alpha value is -1.51. The molecule has 1 fully saturated rings. The van der Waals surface area contributed by atoms with Crippen molar-refractivity contribution >= 4 is 15.7 Å². The summed E-state index contributed by atoms with van der Waals surface area (Å²) in [7, 11) is -3.72. The van der Waals surface area contributed by atoms with Gasteiger partial charge in [-0.05, 0) is 31.4 Å². The zero-order chi connectivity index (χ0) is 15.0. The number of nitrogens with one attached hydrogen (secondary N) is 1. The average molecular weight is 300 g/mol. The monoisotopic (exact) mass is 300 g/mol. The number of nitro benzene ring substituents is 1. The molecule has 0 unspecified atom stereocenters. The van der Waals surface area contributed by atoms with E-state index >= 15 is 0 Å². The van der Waals surface area contributed by atoms with Crippen LogP contribution in [-0.4, -0.2) is 31.6 Å². The Bertz CT molecular complexity index is 637. The van der Waals surface area contributed by atoms with Crippen LogP contribution in [-0.2, 0) is 10.0 Å². The molecule has 8 heteroatoms. The third kappa shape index (κ3) is 2.97. The first-order chi connectivity index (χ1) is 9.30. The fraction of sp³-hybridized carbons (Fsp3) is 0.500. The van der Waals surface area contributed by atoms with Crippen molar-refractivity contribution in [2.45, 2.75) is 24.7 Å². The first kappa shape index (κ1) is 14.9. The van der Waals surface area contributed by atoms with E-state index in [1.54, 1.807) is 0 Å². The number of aryl methyl sites for hydroxylation is 1. The number of rotatable bonds is 6. The third-order valence-electron chi connectivity index (χ3n) is 3.59. The molecule has 0 aromatic heterocycles. The molecule has 1 saturated carbocycles. The second kappa shape index (κ2) is 5.12. The molecule has 0 heterocycles. The molecule has 1 aliphatic carbocycles. The lowest BCUT2D eigenvalue weighted by Gasteiger charge is -2.14. The molecule has 1 aliphatic rings. The lowest BCUT2D eigenvalue weighted by molar-refractivity contribution is -0.385. The minimum atomic E-state index is -3.72. The van der Waals surface area contributed by atoms with Crippen LogP contribution in [0.2, 0.25) is 0 Å². The van der Waals surface area contributed by atoms with Crippen molar-refractivity contribution in [2.24, 2.45) is 5.41 Å². The molecule has 2 rings (SSSR count). The van der Waals surface area contributed by atoms with E-state index < -0.39 is 14.9 Å². The van der Waals surface area contributed by atoms with E-state index in [1.165, 1.54) is 25.1 Å². The number of nitro groups is 1. The van der Waals surface area contributed by atoms with Crippen molar-refractivity contribution in [3.63, 3.8) is 0 Å². The smallest absolute Gasteiger partial charge is 0.269 e. The summed E-state index contributed by atoms with van der Waals surface area (Å²) in [6.07, 6.45) is 1.59. The zero-order valence-electron chi connectivity index (χ0n) is 11.0. The summed E-state index contributed by atoms with van der Waals surface area (Å²) in [6.45, 7) is 1.65. The Balaban J connectivity index is 2.19. The van der Waals surface area contributed by atoms with Crippen LogP contribution >= 0.6 is 0 Å². The summed E-state index contributed by atoms with van der Waals surface area (Å²) >= 11 is 0. The van der Waals surface area contributed by atoms with E-state index in [4.69, 9.17) is 5.11 Å². The van der Waals surface area contributed by atoms with Crippen molar-refractivity contribution in [1.82, 2.24) is 4.72 Å². The molecule has 0 bridgehead atoms. The fourth-order valence-electron chi connectivity index (χ4n) is 1.94. The van der Waals surface area contributed by atoms with E-state index in [2.05, 4.69) is 4.72 Å². The minimum absolute atomic E-state index is 0.0249. The second-order valence-corrected chi connectivity index (χ2v) is 6.92. The van der Waals surface area contributed by atoms with Crippen LogP contribution in [0.1, 0.15) is 18.4 Å². The first-order valence-electron chi connectivity index (χ1n) is 6.15. The van der Waals surface area contributed by atoms with Crippen LogP contribution < -0.4 is 4.72 Å². The predicted octanol–water partition coefficient (Wildman–Crippen LogP) is 0.954. The number of non-ortho nitro benzene ring substituents is 1. The Morgan fingerprint density at radius 3 is 2.55 bits per heavy atom. The van der Waals surface area contributed by atoms with Crippen molar-refractivity contribution in [3.8, 4) is 0 Å². The summed E-state index contributed by atoms with van der Waals surface area (Å²) < 4.78 is 26.8.